The van der Waals surface area contributed by atoms with E-state index in [0.29, 0.717) is 5.41 Å². The van der Waals surface area contributed by atoms with Crippen LogP contribution < -0.4 is 5.32 Å². The Morgan fingerprint density at radius 2 is 1.91 bits per heavy atom. The van der Waals surface area contributed by atoms with E-state index >= 15 is 0 Å². The normalized spacial score (nSPS) is 33.8. The van der Waals surface area contributed by atoms with E-state index in [-0.39, 0.29) is 0 Å². The molecule has 1 N–H and O–H groups in total. The molecule has 2 atom stereocenters. The van der Waals surface area contributed by atoms with Gasteiger partial charge in [0.1, 0.15) is 0 Å². The summed E-state index contributed by atoms with van der Waals surface area (Å²) in [6.45, 7) is 10.6. The van der Waals surface area contributed by atoms with Crippen molar-refractivity contribution in [1.29, 1.82) is 0 Å². The maximum absolute atomic E-state index is 3.48. The highest BCUT2D eigenvalue weighted by molar-refractivity contribution is 4.82. The van der Waals surface area contributed by atoms with E-state index in [1.165, 1.54) is 19.4 Å². The van der Waals surface area contributed by atoms with Crippen molar-refractivity contribution >= 4 is 0 Å². The van der Waals surface area contributed by atoms with Crippen LogP contribution in [0.2, 0.25) is 0 Å². The minimum absolute atomic E-state index is 0.510. The molecule has 0 unspecified atom stereocenters. The van der Waals surface area contributed by atoms with Crippen molar-refractivity contribution in [1.82, 2.24) is 5.32 Å². The van der Waals surface area contributed by atoms with Gasteiger partial charge in [-0.2, -0.15) is 0 Å². The maximum Gasteiger partial charge on any atom is 0.00415 e. The topological polar surface area (TPSA) is 12.0 Å². The zero-order valence-corrected chi connectivity index (χ0v) is 8.28. The fourth-order valence-corrected chi connectivity index (χ4v) is 1.92. The molecule has 0 aromatic rings. The van der Waals surface area contributed by atoms with E-state index in [4.69, 9.17) is 0 Å². The van der Waals surface area contributed by atoms with Crippen molar-refractivity contribution in [2.45, 2.75) is 46.6 Å². The minimum atomic E-state index is 0.510. The lowest BCUT2D eigenvalue weighted by molar-refractivity contribution is 0.165. The third kappa shape index (κ3) is 2.48. The van der Waals surface area contributed by atoms with Crippen LogP contribution in [0.5, 0.6) is 0 Å². The van der Waals surface area contributed by atoms with E-state index in [0.717, 1.165) is 12.0 Å². The molecule has 1 saturated heterocycles. The first kappa shape index (κ1) is 9.05. The molecule has 1 heteroatoms. The van der Waals surface area contributed by atoms with Crippen LogP contribution in [0.1, 0.15) is 40.5 Å². The highest BCUT2D eigenvalue weighted by Crippen LogP contribution is 2.33. The van der Waals surface area contributed by atoms with E-state index in [2.05, 4.69) is 33.0 Å². The summed E-state index contributed by atoms with van der Waals surface area (Å²) < 4.78 is 0. The summed E-state index contributed by atoms with van der Waals surface area (Å²) >= 11 is 0. The Kier molecular flexibility index (Phi) is 2.58. The number of rotatable bonds is 0. The van der Waals surface area contributed by atoms with E-state index in [9.17, 15) is 0 Å². The monoisotopic (exact) mass is 155 g/mol. The predicted molar refractivity (Wildman–Crippen MR) is 49.6 cm³/mol. The molecule has 11 heavy (non-hydrogen) atoms. The second-order valence-corrected chi connectivity index (χ2v) is 4.94. The molecule has 0 aliphatic carbocycles. The van der Waals surface area contributed by atoms with Gasteiger partial charge >= 0.3 is 0 Å². The predicted octanol–water partition coefficient (Wildman–Crippen LogP) is 2.42. The molecule has 0 saturated carbocycles. The van der Waals surface area contributed by atoms with Crippen molar-refractivity contribution in [2.24, 2.45) is 11.3 Å². The fraction of sp³-hybridized carbons (Fsp3) is 1.00. The van der Waals surface area contributed by atoms with Crippen LogP contribution in [-0.2, 0) is 0 Å². The molecule has 1 heterocycles. The molecule has 1 aliphatic heterocycles. The summed E-state index contributed by atoms with van der Waals surface area (Å²) in [6, 6.07) is 0.730. The quantitative estimate of drug-likeness (QED) is 0.566. The lowest BCUT2D eigenvalue weighted by Crippen LogP contribution is -2.40. The van der Waals surface area contributed by atoms with E-state index in [1.807, 2.05) is 0 Å². The van der Waals surface area contributed by atoms with Gasteiger partial charge in [0.15, 0.2) is 0 Å². The molecule has 0 aromatic carbocycles. The smallest absolute Gasteiger partial charge is 0.00415 e. The Balaban J connectivity index is 2.46. The maximum atomic E-state index is 3.48. The van der Waals surface area contributed by atoms with Crippen LogP contribution in [0.15, 0.2) is 0 Å². The lowest BCUT2D eigenvalue weighted by atomic mass is 9.74. The van der Waals surface area contributed by atoms with Crippen LogP contribution in [0, 0.1) is 11.3 Å². The summed E-state index contributed by atoms with van der Waals surface area (Å²) in [4.78, 5) is 0. The zero-order valence-electron chi connectivity index (χ0n) is 8.28. The number of nitrogens with one attached hydrogen (secondary N) is 1. The SMILES string of the molecule is C[C@H]1C[C@@H](C(C)(C)C)CCN1. The Bertz CT molecular complexity index is 123. The van der Waals surface area contributed by atoms with Gasteiger partial charge in [0.25, 0.3) is 0 Å². The first-order valence-corrected chi connectivity index (χ1v) is 4.73. The molecule has 1 nitrogen and oxygen atoms in total. The molecule has 0 amide bonds. The minimum Gasteiger partial charge on any atom is -0.314 e. The standard InChI is InChI=1S/C10H21N/c1-8-7-9(5-6-11-8)10(2,3)4/h8-9,11H,5-7H2,1-4H3/t8-,9-/m0/s1. The molecular formula is C10H21N. The highest BCUT2D eigenvalue weighted by Gasteiger charge is 2.28. The van der Waals surface area contributed by atoms with Gasteiger partial charge in [-0.3, -0.25) is 0 Å². The van der Waals surface area contributed by atoms with Crippen LogP contribution in [-0.4, -0.2) is 12.6 Å². The fourth-order valence-electron chi connectivity index (χ4n) is 1.92. The summed E-state index contributed by atoms with van der Waals surface area (Å²) in [5.74, 6) is 0.916. The average molecular weight is 155 g/mol. The van der Waals surface area contributed by atoms with Crippen LogP contribution >= 0.6 is 0 Å². The summed E-state index contributed by atoms with van der Waals surface area (Å²) in [6.07, 6.45) is 2.71. The summed E-state index contributed by atoms with van der Waals surface area (Å²) in [7, 11) is 0. The third-order valence-corrected chi connectivity index (χ3v) is 2.85. The second-order valence-electron chi connectivity index (χ2n) is 4.94. The number of piperidine rings is 1. The van der Waals surface area contributed by atoms with E-state index in [1.54, 1.807) is 0 Å². The van der Waals surface area contributed by atoms with Crippen LogP contribution in [0.25, 0.3) is 0 Å². The van der Waals surface area contributed by atoms with Crippen molar-refractivity contribution in [3.05, 3.63) is 0 Å². The first-order chi connectivity index (χ1) is 5.00. The lowest BCUT2D eigenvalue weighted by Gasteiger charge is -2.37. The van der Waals surface area contributed by atoms with Gasteiger partial charge in [-0.25, -0.2) is 0 Å². The van der Waals surface area contributed by atoms with Crippen molar-refractivity contribution < 1.29 is 0 Å². The molecule has 0 radical (unpaired) electrons. The van der Waals surface area contributed by atoms with Gasteiger partial charge in [0.2, 0.25) is 0 Å². The van der Waals surface area contributed by atoms with Gasteiger partial charge in [0, 0.05) is 6.04 Å². The first-order valence-electron chi connectivity index (χ1n) is 4.73. The van der Waals surface area contributed by atoms with Gasteiger partial charge < -0.3 is 5.32 Å². The zero-order chi connectivity index (χ0) is 8.48. The van der Waals surface area contributed by atoms with Gasteiger partial charge in [-0.15, -0.1) is 0 Å². The molecule has 1 aliphatic rings. The van der Waals surface area contributed by atoms with Gasteiger partial charge in [-0.1, -0.05) is 20.8 Å². The number of hydrogen-bond donors (Lipinski definition) is 1. The Morgan fingerprint density at radius 1 is 1.27 bits per heavy atom. The second kappa shape index (κ2) is 3.14. The van der Waals surface area contributed by atoms with Crippen LogP contribution in [0.3, 0.4) is 0 Å². The number of hydrogen-bond acceptors (Lipinski definition) is 1. The molecule has 0 bridgehead atoms. The van der Waals surface area contributed by atoms with Crippen LogP contribution in [0.4, 0.5) is 0 Å². The van der Waals surface area contributed by atoms with Crippen molar-refractivity contribution in [2.75, 3.05) is 6.54 Å². The summed E-state index contributed by atoms with van der Waals surface area (Å²) in [5, 5.41) is 3.48. The Hall–Kier alpha value is -0.0400. The highest BCUT2D eigenvalue weighted by atomic mass is 14.9. The van der Waals surface area contributed by atoms with Crippen molar-refractivity contribution in [3.8, 4) is 0 Å². The van der Waals surface area contributed by atoms with E-state index < -0.39 is 0 Å². The van der Waals surface area contributed by atoms with Gasteiger partial charge in [-0.05, 0) is 37.6 Å². The third-order valence-electron chi connectivity index (χ3n) is 2.85. The Labute approximate surface area is 70.6 Å². The Morgan fingerprint density at radius 3 is 2.27 bits per heavy atom. The largest absolute Gasteiger partial charge is 0.314 e. The molecule has 0 spiro atoms. The molecule has 0 aromatic heterocycles. The average Bonchev–Trinajstić information content (AvgIpc) is 1.86. The molecular weight excluding hydrogens is 134 g/mol. The molecule has 1 rings (SSSR count). The molecule has 1 fully saturated rings. The van der Waals surface area contributed by atoms with Crippen molar-refractivity contribution in [3.63, 3.8) is 0 Å². The summed E-state index contributed by atoms with van der Waals surface area (Å²) in [5.41, 5.74) is 0.510. The van der Waals surface area contributed by atoms with Gasteiger partial charge in [0.05, 0.1) is 0 Å². The molecule has 66 valence electrons.